The summed E-state index contributed by atoms with van der Waals surface area (Å²) in [7, 11) is 1.71. The van der Waals surface area contributed by atoms with Gasteiger partial charge in [-0.25, -0.2) is 4.39 Å². The maximum absolute atomic E-state index is 12.9. The van der Waals surface area contributed by atoms with Gasteiger partial charge in [-0.15, -0.1) is 24.0 Å². The zero-order chi connectivity index (χ0) is 18.4. The number of hydrogen-bond donors (Lipinski definition) is 2. The van der Waals surface area contributed by atoms with Gasteiger partial charge in [0.1, 0.15) is 19.0 Å². The highest BCUT2D eigenvalue weighted by molar-refractivity contribution is 14.0. The van der Waals surface area contributed by atoms with Crippen molar-refractivity contribution in [2.45, 2.75) is 13.0 Å². The average Bonchev–Trinajstić information content (AvgIpc) is 2.66. The van der Waals surface area contributed by atoms with E-state index in [1.54, 1.807) is 19.2 Å². The summed E-state index contributed by atoms with van der Waals surface area (Å²) in [6, 6.07) is 10.2. The van der Waals surface area contributed by atoms with Gasteiger partial charge in [0.05, 0.1) is 5.02 Å². The van der Waals surface area contributed by atoms with Gasteiger partial charge in [0.15, 0.2) is 17.5 Å². The number of hydrogen-bond acceptors (Lipinski definition) is 3. The molecule has 0 saturated carbocycles. The zero-order valence-electron chi connectivity index (χ0n) is 14.9. The molecule has 0 amide bonds. The molecule has 1 aliphatic heterocycles. The highest BCUT2D eigenvalue weighted by Gasteiger charge is 2.16. The van der Waals surface area contributed by atoms with Gasteiger partial charge in [-0.2, -0.15) is 0 Å². The SMILES string of the molecule is CN=C(NCCc1cc(Cl)c2c(c1)OCCO2)NCc1ccc(F)cc1.I. The van der Waals surface area contributed by atoms with E-state index in [1.807, 2.05) is 12.1 Å². The van der Waals surface area contributed by atoms with E-state index in [2.05, 4.69) is 15.6 Å². The van der Waals surface area contributed by atoms with E-state index >= 15 is 0 Å². The van der Waals surface area contributed by atoms with Gasteiger partial charge >= 0.3 is 0 Å². The second-order valence-electron chi connectivity index (χ2n) is 5.83. The molecule has 0 spiro atoms. The van der Waals surface area contributed by atoms with Crippen LogP contribution in [-0.4, -0.2) is 32.8 Å². The number of ether oxygens (including phenoxy) is 2. The van der Waals surface area contributed by atoms with Gasteiger partial charge in [-0.1, -0.05) is 23.7 Å². The minimum absolute atomic E-state index is 0. The van der Waals surface area contributed by atoms with Gasteiger partial charge < -0.3 is 20.1 Å². The van der Waals surface area contributed by atoms with E-state index < -0.39 is 0 Å². The first kappa shape index (κ1) is 21.6. The van der Waals surface area contributed by atoms with Crippen molar-refractivity contribution >= 4 is 41.5 Å². The Balaban J connectivity index is 0.00000261. The molecule has 5 nitrogen and oxygen atoms in total. The second-order valence-corrected chi connectivity index (χ2v) is 6.24. The van der Waals surface area contributed by atoms with E-state index in [4.69, 9.17) is 21.1 Å². The first-order valence-electron chi connectivity index (χ1n) is 8.42. The molecule has 0 bridgehead atoms. The fourth-order valence-electron chi connectivity index (χ4n) is 2.64. The van der Waals surface area contributed by atoms with Crippen LogP contribution >= 0.6 is 35.6 Å². The van der Waals surface area contributed by atoms with Crippen molar-refractivity contribution in [2.24, 2.45) is 4.99 Å². The van der Waals surface area contributed by atoms with Crippen LogP contribution in [0, 0.1) is 5.82 Å². The van der Waals surface area contributed by atoms with Crippen LogP contribution in [0.1, 0.15) is 11.1 Å². The van der Waals surface area contributed by atoms with Gasteiger partial charge in [-0.05, 0) is 41.8 Å². The molecule has 2 N–H and O–H groups in total. The molecule has 0 aromatic heterocycles. The molecule has 8 heteroatoms. The topological polar surface area (TPSA) is 54.9 Å². The number of guanidine groups is 1. The zero-order valence-corrected chi connectivity index (χ0v) is 18.0. The van der Waals surface area contributed by atoms with Crippen LogP contribution in [-0.2, 0) is 13.0 Å². The van der Waals surface area contributed by atoms with Gasteiger partial charge in [0.2, 0.25) is 0 Å². The number of rotatable bonds is 5. The highest BCUT2D eigenvalue weighted by atomic mass is 127. The van der Waals surface area contributed by atoms with Gasteiger partial charge in [0, 0.05) is 20.1 Å². The Morgan fingerprint density at radius 2 is 1.85 bits per heavy atom. The van der Waals surface area contributed by atoms with Gasteiger partial charge in [0.25, 0.3) is 0 Å². The van der Waals surface area contributed by atoms with Crippen molar-refractivity contribution in [1.29, 1.82) is 0 Å². The first-order valence-corrected chi connectivity index (χ1v) is 8.80. The summed E-state index contributed by atoms with van der Waals surface area (Å²) in [5.41, 5.74) is 2.04. The number of benzene rings is 2. The lowest BCUT2D eigenvalue weighted by atomic mass is 10.1. The monoisotopic (exact) mass is 505 g/mol. The molecule has 1 aliphatic rings. The van der Waals surface area contributed by atoms with Crippen molar-refractivity contribution in [1.82, 2.24) is 10.6 Å². The molecular weight excluding hydrogens is 484 g/mol. The molecule has 0 radical (unpaired) electrons. The third-order valence-corrected chi connectivity index (χ3v) is 4.24. The molecule has 27 heavy (non-hydrogen) atoms. The van der Waals surface area contributed by atoms with Crippen LogP contribution < -0.4 is 20.1 Å². The fraction of sp³-hybridized carbons (Fsp3) is 0.316. The summed E-state index contributed by atoms with van der Waals surface area (Å²) in [6.07, 6.45) is 0.758. The Bertz CT molecular complexity index is 787. The predicted molar refractivity (Wildman–Crippen MR) is 116 cm³/mol. The fourth-order valence-corrected chi connectivity index (χ4v) is 2.93. The number of nitrogens with one attached hydrogen (secondary N) is 2. The molecule has 2 aromatic rings. The molecule has 0 atom stereocenters. The van der Waals surface area contributed by atoms with Crippen molar-refractivity contribution < 1.29 is 13.9 Å². The van der Waals surface area contributed by atoms with E-state index in [-0.39, 0.29) is 29.8 Å². The molecule has 146 valence electrons. The highest BCUT2D eigenvalue weighted by Crippen LogP contribution is 2.38. The normalized spacial score (nSPS) is 12.9. The van der Waals surface area contributed by atoms with Gasteiger partial charge in [-0.3, -0.25) is 4.99 Å². The van der Waals surface area contributed by atoms with Crippen LogP contribution in [0.5, 0.6) is 11.5 Å². The smallest absolute Gasteiger partial charge is 0.191 e. The minimum atomic E-state index is -0.241. The van der Waals surface area contributed by atoms with Crippen molar-refractivity contribution in [3.63, 3.8) is 0 Å². The number of aliphatic imine (C=N–C) groups is 1. The third-order valence-electron chi connectivity index (χ3n) is 3.96. The number of fused-ring (bicyclic) bond motifs is 1. The van der Waals surface area contributed by atoms with Crippen LogP contribution in [0.3, 0.4) is 0 Å². The molecule has 3 rings (SSSR count). The van der Waals surface area contributed by atoms with Crippen molar-refractivity contribution in [3.05, 3.63) is 58.4 Å². The lowest BCUT2D eigenvalue weighted by Gasteiger charge is -2.20. The lowest BCUT2D eigenvalue weighted by Crippen LogP contribution is -2.37. The molecule has 0 saturated heterocycles. The summed E-state index contributed by atoms with van der Waals surface area (Å²) < 4.78 is 24.1. The van der Waals surface area contributed by atoms with E-state index in [9.17, 15) is 4.39 Å². The third kappa shape index (κ3) is 6.14. The molecule has 0 aliphatic carbocycles. The van der Waals surface area contributed by atoms with E-state index in [1.165, 1.54) is 12.1 Å². The summed E-state index contributed by atoms with van der Waals surface area (Å²) in [5, 5.41) is 7.01. The maximum atomic E-state index is 12.9. The minimum Gasteiger partial charge on any atom is -0.486 e. The Morgan fingerprint density at radius 1 is 1.11 bits per heavy atom. The summed E-state index contributed by atoms with van der Waals surface area (Å²) in [5.74, 6) is 1.75. The molecule has 0 unspecified atom stereocenters. The van der Waals surface area contributed by atoms with E-state index in [0.717, 1.165) is 17.5 Å². The maximum Gasteiger partial charge on any atom is 0.191 e. The average molecular weight is 506 g/mol. The van der Waals surface area contributed by atoms with Crippen LogP contribution in [0.4, 0.5) is 4.39 Å². The summed E-state index contributed by atoms with van der Waals surface area (Å²) in [4.78, 5) is 4.19. The Morgan fingerprint density at radius 3 is 2.59 bits per heavy atom. The number of halogens is 3. The predicted octanol–water partition coefficient (Wildman–Crippen LogP) is 3.78. The summed E-state index contributed by atoms with van der Waals surface area (Å²) >= 11 is 6.26. The molecule has 1 heterocycles. The van der Waals surface area contributed by atoms with Crippen LogP contribution in [0.2, 0.25) is 5.02 Å². The van der Waals surface area contributed by atoms with Crippen molar-refractivity contribution in [3.8, 4) is 11.5 Å². The first-order chi connectivity index (χ1) is 12.7. The Labute approximate surface area is 180 Å². The van der Waals surface area contributed by atoms with Crippen LogP contribution in [0.25, 0.3) is 0 Å². The Hall–Kier alpha value is -1.74. The standard InChI is InChI=1S/C19H21ClFN3O2.HI/c1-22-19(24-12-13-2-4-15(21)5-3-13)23-7-6-14-10-16(20)18-17(11-14)25-8-9-26-18;/h2-5,10-11H,6-9,12H2,1H3,(H2,22,23,24);1H. The van der Waals surface area contributed by atoms with Crippen molar-refractivity contribution in [2.75, 3.05) is 26.8 Å². The quantitative estimate of drug-likeness (QED) is 0.369. The molecule has 0 fully saturated rings. The summed E-state index contributed by atoms with van der Waals surface area (Å²) in [6.45, 7) is 2.30. The lowest BCUT2D eigenvalue weighted by molar-refractivity contribution is 0.171. The van der Waals surface area contributed by atoms with E-state index in [0.29, 0.717) is 48.8 Å². The second kappa shape index (κ2) is 10.6. The largest absolute Gasteiger partial charge is 0.486 e. The number of nitrogens with zero attached hydrogens (tertiary/aromatic N) is 1. The Kier molecular flexibility index (Phi) is 8.43. The molecule has 2 aromatic carbocycles. The molecular formula is C19H22ClFIN3O2. The van der Waals surface area contributed by atoms with Crippen LogP contribution in [0.15, 0.2) is 41.4 Å².